The van der Waals surface area contributed by atoms with E-state index in [0.717, 1.165) is 5.56 Å². The third kappa shape index (κ3) is 6.66. The van der Waals surface area contributed by atoms with E-state index >= 15 is 0 Å². The quantitative estimate of drug-likeness (QED) is 0.605. The number of hydrogen-bond acceptors (Lipinski definition) is 3. The second-order valence-corrected chi connectivity index (χ2v) is 8.07. The second-order valence-electron chi connectivity index (χ2n) is 8.07. The summed E-state index contributed by atoms with van der Waals surface area (Å²) in [6.45, 7) is 3.36. The summed E-state index contributed by atoms with van der Waals surface area (Å²) < 4.78 is 30.4. The van der Waals surface area contributed by atoms with E-state index in [-0.39, 0.29) is 23.6 Å². The summed E-state index contributed by atoms with van der Waals surface area (Å²) >= 11 is 0. The third-order valence-corrected chi connectivity index (χ3v) is 5.95. The van der Waals surface area contributed by atoms with E-state index in [0.29, 0.717) is 56.7 Å². The molecule has 33 heavy (non-hydrogen) atoms. The van der Waals surface area contributed by atoms with Crippen molar-refractivity contribution in [1.29, 1.82) is 0 Å². The van der Waals surface area contributed by atoms with E-state index in [1.165, 1.54) is 6.07 Å². The standard InChI is InChI=1S/C25H31F2N3O3/c1-3-29(4-2)25(32)30-14-12-19(13-15-30)23(31)28-21-10-11-22(33-24(26)27)20(17-21)16-18-8-6-5-7-9-18/h5-11,17,19,24H,3-4,12-16H2,1-2H3,(H,28,31). The van der Waals surface area contributed by atoms with Gasteiger partial charge in [0.05, 0.1) is 0 Å². The number of piperidine rings is 1. The molecule has 1 N–H and O–H groups in total. The maximum Gasteiger partial charge on any atom is 0.387 e. The van der Waals surface area contributed by atoms with E-state index in [9.17, 15) is 18.4 Å². The number of carbonyl (C=O) groups excluding carboxylic acids is 2. The Balaban J connectivity index is 1.65. The van der Waals surface area contributed by atoms with Gasteiger partial charge in [-0.15, -0.1) is 0 Å². The zero-order valence-electron chi connectivity index (χ0n) is 19.1. The average molecular weight is 460 g/mol. The molecule has 0 spiro atoms. The van der Waals surface area contributed by atoms with E-state index in [1.54, 1.807) is 21.9 Å². The van der Waals surface area contributed by atoms with Gasteiger partial charge >= 0.3 is 12.6 Å². The SMILES string of the molecule is CCN(CC)C(=O)N1CCC(C(=O)Nc2ccc(OC(F)F)c(Cc3ccccc3)c2)CC1. The van der Waals surface area contributed by atoms with Crippen LogP contribution in [0.15, 0.2) is 48.5 Å². The van der Waals surface area contributed by atoms with Gasteiger partial charge in [0.25, 0.3) is 0 Å². The van der Waals surface area contributed by atoms with Crippen LogP contribution < -0.4 is 10.1 Å². The zero-order valence-corrected chi connectivity index (χ0v) is 19.1. The number of rotatable bonds is 8. The van der Waals surface area contributed by atoms with Gasteiger partial charge in [-0.1, -0.05) is 30.3 Å². The summed E-state index contributed by atoms with van der Waals surface area (Å²) in [6.07, 6.45) is 1.57. The molecule has 178 valence electrons. The van der Waals surface area contributed by atoms with Gasteiger partial charge in [0.2, 0.25) is 5.91 Å². The predicted molar refractivity (Wildman–Crippen MR) is 124 cm³/mol. The molecule has 0 radical (unpaired) electrons. The number of alkyl halides is 2. The molecule has 0 bridgehead atoms. The number of likely N-dealkylation sites (tertiary alicyclic amines) is 1. The first-order valence-electron chi connectivity index (χ1n) is 11.4. The molecule has 3 amide bonds. The first kappa shape index (κ1) is 24.5. The molecule has 0 aromatic heterocycles. The smallest absolute Gasteiger partial charge is 0.387 e. The number of anilines is 1. The fraction of sp³-hybridized carbons (Fsp3) is 0.440. The Morgan fingerprint density at radius 2 is 1.76 bits per heavy atom. The largest absolute Gasteiger partial charge is 0.435 e. The summed E-state index contributed by atoms with van der Waals surface area (Å²) in [5.74, 6) is -0.242. The highest BCUT2D eigenvalue weighted by Crippen LogP contribution is 2.28. The first-order chi connectivity index (χ1) is 15.9. The van der Waals surface area contributed by atoms with Gasteiger partial charge in [-0.05, 0) is 50.5 Å². The Labute approximate surface area is 193 Å². The zero-order chi connectivity index (χ0) is 23.8. The highest BCUT2D eigenvalue weighted by molar-refractivity contribution is 5.93. The van der Waals surface area contributed by atoms with Crippen LogP contribution in [0.3, 0.4) is 0 Å². The van der Waals surface area contributed by atoms with E-state index in [4.69, 9.17) is 0 Å². The number of amides is 3. The van der Waals surface area contributed by atoms with Gasteiger partial charge in [0.1, 0.15) is 5.75 Å². The van der Waals surface area contributed by atoms with Crippen molar-refractivity contribution >= 4 is 17.6 Å². The molecule has 3 rings (SSSR count). The minimum Gasteiger partial charge on any atom is -0.435 e. The number of halogens is 2. The van der Waals surface area contributed by atoms with E-state index in [1.807, 2.05) is 44.2 Å². The Morgan fingerprint density at radius 3 is 2.36 bits per heavy atom. The van der Waals surface area contributed by atoms with Crippen molar-refractivity contribution in [2.24, 2.45) is 5.92 Å². The third-order valence-electron chi connectivity index (χ3n) is 5.95. The lowest BCUT2D eigenvalue weighted by Crippen LogP contribution is -2.47. The molecule has 1 heterocycles. The van der Waals surface area contributed by atoms with Gasteiger partial charge < -0.3 is 19.9 Å². The normalized spacial score (nSPS) is 14.3. The van der Waals surface area contributed by atoms with Crippen LogP contribution in [0.25, 0.3) is 0 Å². The summed E-state index contributed by atoms with van der Waals surface area (Å²) in [4.78, 5) is 28.9. The van der Waals surface area contributed by atoms with Crippen molar-refractivity contribution < 1.29 is 23.1 Å². The molecule has 0 saturated carbocycles. The number of carbonyl (C=O) groups is 2. The Kier molecular flexibility index (Phi) is 8.63. The maximum absolute atomic E-state index is 12.9. The van der Waals surface area contributed by atoms with Crippen LogP contribution in [0.4, 0.5) is 19.3 Å². The fourth-order valence-corrected chi connectivity index (χ4v) is 4.09. The van der Waals surface area contributed by atoms with Crippen LogP contribution in [0, 0.1) is 5.92 Å². The molecule has 2 aromatic rings. The first-order valence-corrected chi connectivity index (χ1v) is 11.4. The summed E-state index contributed by atoms with van der Waals surface area (Å²) in [7, 11) is 0. The Morgan fingerprint density at radius 1 is 1.09 bits per heavy atom. The van der Waals surface area contributed by atoms with Gasteiger partial charge in [-0.25, -0.2) is 4.79 Å². The Hall–Kier alpha value is -3.16. The number of urea groups is 1. The fourth-order valence-electron chi connectivity index (χ4n) is 4.09. The van der Waals surface area contributed by atoms with Crippen LogP contribution in [0.1, 0.15) is 37.8 Å². The number of ether oxygens (including phenoxy) is 1. The summed E-state index contributed by atoms with van der Waals surface area (Å²) in [5, 5.41) is 2.91. The summed E-state index contributed by atoms with van der Waals surface area (Å²) in [5.41, 5.74) is 2.05. The van der Waals surface area contributed by atoms with Gasteiger partial charge in [0.15, 0.2) is 0 Å². The van der Waals surface area contributed by atoms with Crippen LogP contribution in [-0.2, 0) is 11.2 Å². The average Bonchev–Trinajstić information content (AvgIpc) is 2.82. The highest BCUT2D eigenvalue weighted by atomic mass is 19.3. The molecule has 1 aliphatic rings. The number of nitrogens with zero attached hydrogens (tertiary/aromatic N) is 2. The minimum absolute atomic E-state index is 0.0130. The second kappa shape index (κ2) is 11.6. The molecule has 1 aliphatic heterocycles. The highest BCUT2D eigenvalue weighted by Gasteiger charge is 2.29. The van der Waals surface area contributed by atoms with Gasteiger partial charge in [0, 0.05) is 49.8 Å². The van der Waals surface area contributed by atoms with Gasteiger partial charge in [-0.2, -0.15) is 8.78 Å². The molecule has 6 nitrogen and oxygen atoms in total. The molecule has 1 fully saturated rings. The van der Waals surface area contributed by atoms with Crippen molar-refractivity contribution in [3.05, 3.63) is 59.7 Å². The predicted octanol–water partition coefficient (Wildman–Crippen LogP) is 4.99. The van der Waals surface area contributed by atoms with Crippen molar-refractivity contribution in [3.63, 3.8) is 0 Å². The molecule has 1 saturated heterocycles. The molecular weight excluding hydrogens is 428 g/mol. The molecule has 2 aromatic carbocycles. The Bertz CT molecular complexity index is 928. The monoisotopic (exact) mass is 459 g/mol. The van der Waals surface area contributed by atoms with E-state index < -0.39 is 6.61 Å². The van der Waals surface area contributed by atoms with Crippen LogP contribution in [0.2, 0.25) is 0 Å². The van der Waals surface area contributed by atoms with Crippen molar-refractivity contribution in [3.8, 4) is 5.75 Å². The van der Waals surface area contributed by atoms with Crippen LogP contribution in [0.5, 0.6) is 5.75 Å². The van der Waals surface area contributed by atoms with Crippen LogP contribution in [-0.4, -0.2) is 54.5 Å². The summed E-state index contributed by atoms with van der Waals surface area (Å²) in [6, 6.07) is 14.2. The molecule has 0 aliphatic carbocycles. The van der Waals surface area contributed by atoms with Crippen molar-refractivity contribution in [1.82, 2.24) is 9.80 Å². The van der Waals surface area contributed by atoms with E-state index in [2.05, 4.69) is 10.1 Å². The van der Waals surface area contributed by atoms with Gasteiger partial charge in [-0.3, -0.25) is 4.79 Å². The lowest BCUT2D eigenvalue weighted by molar-refractivity contribution is -0.121. The topological polar surface area (TPSA) is 61.9 Å². The molecule has 0 atom stereocenters. The van der Waals surface area contributed by atoms with Crippen molar-refractivity contribution in [2.45, 2.75) is 39.7 Å². The molecule has 0 unspecified atom stereocenters. The number of hydrogen-bond donors (Lipinski definition) is 1. The number of nitrogens with one attached hydrogen (secondary N) is 1. The molecule has 8 heteroatoms. The van der Waals surface area contributed by atoms with Crippen LogP contribution >= 0.6 is 0 Å². The minimum atomic E-state index is -2.93. The number of benzene rings is 2. The maximum atomic E-state index is 12.9. The van der Waals surface area contributed by atoms with Crippen molar-refractivity contribution in [2.75, 3.05) is 31.5 Å². The lowest BCUT2D eigenvalue weighted by atomic mass is 9.95. The lowest BCUT2D eigenvalue weighted by Gasteiger charge is -2.34. The molecular formula is C25H31F2N3O3.